The van der Waals surface area contributed by atoms with Gasteiger partial charge in [-0.3, -0.25) is 19.8 Å². The highest BCUT2D eigenvalue weighted by Crippen LogP contribution is 2.25. The summed E-state index contributed by atoms with van der Waals surface area (Å²) in [5, 5.41) is 16.9. The van der Waals surface area contributed by atoms with Crippen LogP contribution in [0.5, 0.6) is 0 Å². The van der Waals surface area contributed by atoms with Crippen molar-refractivity contribution in [3.8, 4) is 0 Å². The number of benzene rings is 2. The van der Waals surface area contributed by atoms with Crippen LogP contribution < -0.4 is 10.6 Å². The molecule has 30 heavy (non-hydrogen) atoms. The molecule has 1 heterocycles. The zero-order valence-corrected chi connectivity index (χ0v) is 17.6. The first kappa shape index (κ1) is 21.7. The van der Waals surface area contributed by atoms with Gasteiger partial charge in [0.25, 0.3) is 11.6 Å². The zero-order chi connectivity index (χ0) is 21.7. The van der Waals surface area contributed by atoms with Crippen LogP contribution in [-0.2, 0) is 17.8 Å². The van der Waals surface area contributed by atoms with E-state index in [1.165, 1.54) is 6.07 Å². The number of morpholine rings is 1. The number of anilines is 1. The maximum Gasteiger partial charge on any atom is 0.293 e. The summed E-state index contributed by atoms with van der Waals surface area (Å²) >= 11 is 0. The van der Waals surface area contributed by atoms with Crippen LogP contribution >= 0.6 is 0 Å². The summed E-state index contributed by atoms with van der Waals surface area (Å²) < 4.78 is 5.80. The van der Waals surface area contributed by atoms with E-state index in [-0.39, 0.29) is 29.4 Å². The molecule has 3 rings (SSSR count). The lowest BCUT2D eigenvalue weighted by Crippen LogP contribution is -2.45. The number of rotatable bonds is 7. The Morgan fingerprint density at radius 1 is 1.17 bits per heavy atom. The van der Waals surface area contributed by atoms with Gasteiger partial charge in [-0.2, -0.15) is 0 Å². The molecule has 2 aromatic carbocycles. The van der Waals surface area contributed by atoms with Crippen LogP contribution in [-0.4, -0.2) is 48.1 Å². The Hall–Kier alpha value is -2.97. The van der Waals surface area contributed by atoms with Gasteiger partial charge in [-0.25, -0.2) is 0 Å². The largest absolute Gasteiger partial charge is 0.383 e. The van der Waals surface area contributed by atoms with Crippen molar-refractivity contribution in [1.29, 1.82) is 0 Å². The Morgan fingerprint density at radius 2 is 1.83 bits per heavy atom. The Balaban J connectivity index is 1.68. The minimum atomic E-state index is -0.498. The Bertz CT molecular complexity index is 908. The average molecular weight is 412 g/mol. The molecule has 160 valence electrons. The van der Waals surface area contributed by atoms with Crippen molar-refractivity contribution in [2.75, 3.05) is 25.5 Å². The fourth-order valence-corrected chi connectivity index (χ4v) is 3.85. The molecule has 2 N–H and O–H groups in total. The SMILES string of the molecule is CNc1ccc(C(=O)NCc2ccccc2CN2CC(C)OC(C)C2)cc1[N+](=O)[O-]. The number of ether oxygens (including phenoxy) is 1. The van der Waals surface area contributed by atoms with Gasteiger partial charge in [0.15, 0.2) is 0 Å². The molecule has 8 heteroatoms. The molecule has 1 aliphatic heterocycles. The molecule has 0 aromatic heterocycles. The monoisotopic (exact) mass is 412 g/mol. The molecule has 1 fully saturated rings. The molecule has 0 saturated carbocycles. The van der Waals surface area contributed by atoms with E-state index in [0.29, 0.717) is 12.2 Å². The molecule has 2 aromatic rings. The highest BCUT2D eigenvalue weighted by molar-refractivity contribution is 5.95. The van der Waals surface area contributed by atoms with Crippen molar-refractivity contribution >= 4 is 17.3 Å². The van der Waals surface area contributed by atoms with Crippen molar-refractivity contribution in [3.63, 3.8) is 0 Å². The smallest absolute Gasteiger partial charge is 0.293 e. The standard InChI is InChI=1S/C22H28N4O4/c1-15-12-25(13-16(2)30-15)14-19-7-5-4-6-18(19)11-24-22(27)17-8-9-20(23-3)21(10-17)26(28)29/h4-10,15-16,23H,11-14H2,1-3H3,(H,24,27). The second kappa shape index (κ2) is 9.69. The van der Waals surface area contributed by atoms with Crippen molar-refractivity contribution in [3.05, 3.63) is 69.3 Å². The van der Waals surface area contributed by atoms with Gasteiger partial charge in [0, 0.05) is 44.9 Å². The van der Waals surface area contributed by atoms with Gasteiger partial charge in [0.1, 0.15) is 5.69 Å². The lowest BCUT2D eigenvalue weighted by atomic mass is 10.1. The van der Waals surface area contributed by atoms with Crippen LogP contribution in [0.25, 0.3) is 0 Å². The van der Waals surface area contributed by atoms with Crippen molar-refractivity contribution in [2.45, 2.75) is 39.1 Å². The Kier molecular flexibility index (Phi) is 7.02. The van der Waals surface area contributed by atoms with Crippen molar-refractivity contribution < 1.29 is 14.5 Å². The molecule has 2 unspecified atom stereocenters. The number of carbonyl (C=O) groups is 1. The van der Waals surface area contributed by atoms with E-state index in [4.69, 9.17) is 4.74 Å². The molecule has 8 nitrogen and oxygen atoms in total. The lowest BCUT2D eigenvalue weighted by molar-refractivity contribution is -0.384. The van der Waals surface area contributed by atoms with E-state index < -0.39 is 4.92 Å². The van der Waals surface area contributed by atoms with Gasteiger partial charge in [0.05, 0.1) is 17.1 Å². The van der Waals surface area contributed by atoms with E-state index in [0.717, 1.165) is 30.8 Å². The number of carbonyl (C=O) groups excluding carboxylic acids is 1. The Labute approximate surface area is 176 Å². The molecule has 0 aliphatic carbocycles. The first-order valence-corrected chi connectivity index (χ1v) is 10.1. The molecular weight excluding hydrogens is 384 g/mol. The Morgan fingerprint density at radius 3 is 2.47 bits per heavy atom. The van der Waals surface area contributed by atoms with E-state index in [9.17, 15) is 14.9 Å². The third kappa shape index (κ3) is 5.34. The summed E-state index contributed by atoms with van der Waals surface area (Å²) in [6.45, 7) is 7.03. The molecule has 1 saturated heterocycles. The number of nitrogens with one attached hydrogen (secondary N) is 2. The topological polar surface area (TPSA) is 96.7 Å². The van der Waals surface area contributed by atoms with Gasteiger partial charge < -0.3 is 15.4 Å². The quantitative estimate of drug-likeness (QED) is 0.536. The number of nitrogens with zero attached hydrogens (tertiary/aromatic N) is 2. The maximum atomic E-state index is 12.6. The third-order valence-electron chi connectivity index (χ3n) is 5.17. The molecule has 0 radical (unpaired) electrons. The normalized spacial score (nSPS) is 19.3. The lowest BCUT2D eigenvalue weighted by Gasteiger charge is -2.35. The number of nitro benzene ring substituents is 1. The summed E-state index contributed by atoms with van der Waals surface area (Å²) in [5.74, 6) is -0.343. The maximum absolute atomic E-state index is 12.6. The van der Waals surface area contributed by atoms with Crippen LogP contribution in [0.2, 0.25) is 0 Å². The summed E-state index contributed by atoms with van der Waals surface area (Å²) in [6, 6.07) is 12.4. The predicted octanol–water partition coefficient (Wildman–Crippen LogP) is 3.18. The highest BCUT2D eigenvalue weighted by atomic mass is 16.6. The number of amides is 1. The summed E-state index contributed by atoms with van der Waals surface area (Å²) in [7, 11) is 1.61. The van der Waals surface area contributed by atoms with E-state index in [2.05, 4.69) is 35.4 Å². The number of hydrogen-bond donors (Lipinski definition) is 2. The minimum Gasteiger partial charge on any atom is -0.383 e. The van der Waals surface area contributed by atoms with Gasteiger partial charge in [-0.05, 0) is 37.1 Å². The number of nitro groups is 1. The predicted molar refractivity (Wildman–Crippen MR) is 116 cm³/mol. The van der Waals surface area contributed by atoms with E-state index in [1.54, 1.807) is 19.2 Å². The van der Waals surface area contributed by atoms with Gasteiger partial charge >= 0.3 is 0 Å². The second-order valence-corrected chi connectivity index (χ2v) is 7.64. The second-order valence-electron chi connectivity index (χ2n) is 7.64. The van der Waals surface area contributed by atoms with Crippen LogP contribution in [0.15, 0.2) is 42.5 Å². The van der Waals surface area contributed by atoms with Crippen LogP contribution in [0, 0.1) is 10.1 Å². The van der Waals surface area contributed by atoms with Gasteiger partial charge in [-0.15, -0.1) is 0 Å². The van der Waals surface area contributed by atoms with Crippen LogP contribution in [0.1, 0.15) is 35.3 Å². The van der Waals surface area contributed by atoms with E-state index in [1.807, 2.05) is 18.2 Å². The molecule has 1 aliphatic rings. The molecule has 0 spiro atoms. The fourth-order valence-electron chi connectivity index (χ4n) is 3.85. The molecule has 2 atom stereocenters. The summed E-state index contributed by atoms with van der Waals surface area (Å²) in [4.78, 5) is 25.7. The van der Waals surface area contributed by atoms with E-state index >= 15 is 0 Å². The summed E-state index contributed by atoms with van der Waals surface area (Å²) in [6.07, 6.45) is 0.383. The third-order valence-corrected chi connectivity index (χ3v) is 5.17. The minimum absolute atomic E-state index is 0.124. The first-order chi connectivity index (χ1) is 14.4. The van der Waals surface area contributed by atoms with Gasteiger partial charge in [-0.1, -0.05) is 24.3 Å². The highest BCUT2D eigenvalue weighted by Gasteiger charge is 2.23. The molecule has 1 amide bonds. The molecular formula is C22H28N4O4. The number of hydrogen-bond acceptors (Lipinski definition) is 6. The van der Waals surface area contributed by atoms with Crippen molar-refractivity contribution in [1.82, 2.24) is 10.2 Å². The zero-order valence-electron chi connectivity index (χ0n) is 17.6. The van der Waals surface area contributed by atoms with Crippen molar-refractivity contribution in [2.24, 2.45) is 0 Å². The molecule has 0 bridgehead atoms. The average Bonchev–Trinajstić information content (AvgIpc) is 2.71. The summed E-state index contributed by atoms with van der Waals surface area (Å²) in [5.41, 5.74) is 2.68. The first-order valence-electron chi connectivity index (χ1n) is 10.1. The van der Waals surface area contributed by atoms with Crippen LogP contribution in [0.3, 0.4) is 0 Å². The van der Waals surface area contributed by atoms with Gasteiger partial charge in [0.2, 0.25) is 0 Å². The fraction of sp³-hybridized carbons (Fsp3) is 0.409. The van der Waals surface area contributed by atoms with Crippen LogP contribution in [0.4, 0.5) is 11.4 Å².